The molecule has 0 aliphatic carbocycles. The Labute approximate surface area is 230 Å². The number of pyridine rings is 1. The first kappa shape index (κ1) is 24.4. The maximum atomic E-state index is 11.8. The number of anilines is 1. The molecule has 2 atom stereocenters. The van der Waals surface area contributed by atoms with Gasteiger partial charge in [-0.25, -0.2) is 4.79 Å². The van der Waals surface area contributed by atoms with Crippen molar-refractivity contribution in [1.29, 1.82) is 0 Å². The van der Waals surface area contributed by atoms with Crippen LogP contribution in [0.5, 0.6) is 11.5 Å². The minimum atomic E-state index is -1.02. The highest BCUT2D eigenvalue weighted by atomic mass is 32.1. The molecule has 0 saturated carbocycles. The van der Waals surface area contributed by atoms with Crippen molar-refractivity contribution >= 4 is 29.0 Å². The van der Waals surface area contributed by atoms with E-state index in [1.165, 1.54) is 0 Å². The van der Waals surface area contributed by atoms with E-state index in [1.54, 1.807) is 36.5 Å². The summed E-state index contributed by atoms with van der Waals surface area (Å²) in [6.45, 7) is 0. The molecule has 0 bridgehead atoms. The molecule has 8 heteroatoms. The number of hydrogen-bond donors (Lipinski definition) is 2. The number of carboxylic acids is 1. The highest BCUT2D eigenvalue weighted by Crippen LogP contribution is 2.43. The first-order valence-electron chi connectivity index (χ1n) is 12.3. The zero-order chi connectivity index (χ0) is 26.8. The molecule has 2 N–H and O–H groups in total. The molecule has 2 unspecified atom stereocenters. The highest BCUT2D eigenvalue weighted by Gasteiger charge is 2.42. The van der Waals surface area contributed by atoms with Gasteiger partial charge in [-0.1, -0.05) is 42.5 Å². The summed E-state index contributed by atoms with van der Waals surface area (Å²) in [6.07, 6.45) is 1.74. The quantitative estimate of drug-likeness (QED) is 0.216. The van der Waals surface area contributed by atoms with E-state index in [1.807, 2.05) is 83.8 Å². The van der Waals surface area contributed by atoms with Gasteiger partial charge in [-0.05, 0) is 78.9 Å². The van der Waals surface area contributed by atoms with E-state index in [2.05, 4.69) is 10.3 Å². The Morgan fingerprint density at radius 3 is 2.33 bits per heavy atom. The van der Waals surface area contributed by atoms with E-state index in [-0.39, 0.29) is 17.6 Å². The molecule has 1 aliphatic heterocycles. The van der Waals surface area contributed by atoms with Crippen molar-refractivity contribution < 1.29 is 19.1 Å². The average Bonchev–Trinajstić information content (AvgIpc) is 3.59. The third kappa shape index (κ3) is 4.85. The lowest BCUT2D eigenvalue weighted by molar-refractivity contribution is 0.0697. The fourth-order valence-electron chi connectivity index (χ4n) is 4.76. The largest absolute Gasteiger partial charge is 0.478 e. The third-order valence-corrected chi connectivity index (χ3v) is 6.85. The summed E-state index contributed by atoms with van der Waals surface area (Å²) >= 11 is 5.81. The van der Waals surface area contributed by atoms with Crippen molar-refractivity contribution in [2.24, 2.45) is 0 Å². The van der Waals surface area contributed by atoms with Crippen molar-refractivity contribution in [3.05, 3.63) is 132 Å². The topological polar surface area (TPSA) is 87.8 Å². The van der Waals surface area contributed by atoms with Gasteiger partial charge in [-0.2, -0.15) is 0 Å². The summed E-state index contributed by atoms with van der Waals surface area (Å²) in [5.74, 6) is 1.52. The number of carboxylic acid groups (broad SMARTS) is 1. The predicted octanol–water partition coefficient (Wildman–Crippen LogP) is 7.01. The van der Waals surface area contributed by atoms with Gasteiger partial charge in [0.25, 0.3) is 0 Å². The number of nitrogens with zero attached hydrogens (tertiary/aromatic N) is 2. The van der Waals surface area contributed by atoms with Crippen LogP contribution in [0.2, 0.25) is 0 Å². The van der Waals surface area contributed by atoms with Crippen molar-refractivity contribution in [3.8, 4) is 22.8 Å². The summed E-state index contributed by atoms with van der Waals surface area (Å²) in [5, 5.41) is 13.6. The molecule has 39 heavy (non-hydrogen) atoms. The number of para-hydroxylation sites is 1. The number of ether oxygens (including phenoxy) is 1. The van der Waals surface area contributed by atoms with Gasteiger partial charge in [-0.15, -0.1) is 0 Å². The lowest BCUT2D eigenvalue weighted by atomic mass is 10.0. The molecule has 1 saturated heterocycles. The van der Waals surface area contributed by atoms with Crippen molar-refractivity contribution in [3.63, 3.8) is 0 Å². The van der Waals surface area contributed by atoms with Crippen LogP contribution in [0.15, 0.2) is 120 Å². The van der Waals surface area contributed by atoms with Crippen LogP contribution in [-0.4, -0.2) is 21.2 Å². The van der Waals surface area contributed by atoms with Gasteiger partial charge in [0.1, 0.15) is 29.1 Å². The number of aromatic nitrogens is 1. The number of carbonyl (C=O) groups is 1. The fraction of sp³-hybridized carbons (Fsp3) is 0.0645. The lowest BCUT2D eigenvalue weighted by Crippen LogP contribution is -2.29. The Balaban J connectivity index is 1.38. The molecule has 1 aliphatic rings. The van der Waals surface area contributed by atoms with Gasteiger partial charge in [0.15, 0.2) is 5.11 Å². The molecule has 3 heterocycles. The number of rotatable bonds is 7. The molecule has 5 aromatic rings. The number of benzene rings is 3. The Morgan fingerprint density at radius 2 is 1.59 bits per heavy atom. The smallest absolute Gasteiger partial charge is 0.336 e. The van der Waals surface area contributed by atoms with Crippen LogP contribution in [0.25, 0.3) is 11.3 Å². The normalized spacial score (nSPS) is 16.6. The van der Waals surface area contributed by atoms with Gasteiger partial charge < -0.3 is 24.5 Å². The molecular weight excluding hydrogens is 510 g/mol. The van der Waals surface area contributed by atoms with Gasteiger partial charge in [0.05, 0.1) is 17.3 Å². The van der Waals surface area contributed by atoms with Crippen LogP contribution in [-0.2, 0) is 0 Å². The number of thiocarbonyl (C=S) groups is 1. The summed E-state index contributed by atoms with van der Waals surface area (Å²) < 4.78 is 12.3. The van der Waals surface area contributed by atoms with Crippen LogP contribution in [0.1, 0.15) is 33.9 Å². The summed E-state index contributed by atoms with van der Waals surface area (Å²) in [5.41, 5.74) is 2.33. The number of furan rings is 1. The molecule has 7 nitrogen and oxygen atoms in total. The standard InChI is InChI=1S/C31H23N3O4S/c35-30(36)24-11-5-4-10-23(24)26-17-18-27(38-26)29-28(25-12-6-7-19-32-25)33-31(39)34(29)20-13-15-22(16-14-20)37-21-8-2-1-3-9-21/h1-19,28-29H,(H,33,39)(H,35,36). The molecule has 0 amide bonds. The van der Waals surface area contributed by atoms with Crippen molar-refractivity contribution in [2.75, 3.05) is 4.90 Å². The molecule has 3 aromatic carbocycles. The number of aromatic carboxylic acids is 1. The van der Waals surface area contributed by atoms with Gasteiger partial charge in [0.2, 0.25) is 0 Å². The van der Waals surface area contributed by atoms with Crippen LogP contribution >= 0.6 is 12.2 Å². The van der Waals surface area contributed by atoms with E-state index in [9.17, 15) is 9.90 Å². The Hall–Kier alpha value is -4.95. The summed E-state index contributed by atoms with van der Waals surface area (Å²) in [7, 11) is 0. The number of nitrogens with one attached hydrogen (secondary N) is 1. The van der Waals surface area contributed by atoms with Gasteiger partial charge in [0, 0.05) is 17.4 Å². The van der Waals surface area contributed by atoms with Crippen LogP contribution in [0.3, 0.4) is 0 Å². The average molecular weight is 534 g/mol. The molecular formula is C31H23N3O4S. The molecule has 192 valence electrons. The van der Waals surface area contributed by atoms with E-state index >= 15 is 0 Å². The second-order valence-electron chi connectivity index (χ2n) is 8.96. The van der Waals surface area contributed by atoms with Crippen molar-refractivity contribution in [1.82, 2.24) is 10.3 Å². The second-order valence-corrected chi connectivity index (χ2v) is 9.35. The fourth-order valence-corrected chi connectivity index (χ4v) is 5.11. The van der Waals surface area contributed by atoms with E-state index in [0.717, 1.165) is 17.1 Å². The van der Waals surface area contributed by atoms with E-state index < -0.39 is 5.97 Å². The number of hydrogen-bond acceptors (Lipinski definition) is 5. The Kier molecular flexibility index (Phi) is 6.52. The Bertz CT molecular complexity index is 1620. The minimum absolute atomic E-state index is 0.172. The van der Waals surface area contributed by atoms with Crippen molar-refractivity contribution in [2.45, 2.75) is 12.1 Å². The maximum Gasteiger partial charge on any atom is 0.336 e. The zero-order valence-electron chi connectivity index (χ0n) is 20.6. The van der Waals surface area contributed by atoms with Crippen LogP contribution < -0.4 is 15.0 Å². The predicted molar refractivity (Wildman–Crippen MR) is 152 cm³/mol. The monoisotopic (exact) mass is 533 g/mol. The summed E-state index contributed by atoms with van der Waals surface area (Å²) in [4.78, 5) is 18.4. The molecule has 2 aromatic heterocycles. The minimum Gasteiger partial charge on any atom is -0.478 e. The van der Waals surface area contributed by atoms with E-state index in [0.29, 0.717) is 27.9 Å². The summed E-state index contributed by atoms with van der Waals surface area (Å²) in [6, 6.07) is 32.8. The van der Waals surface area contributed by atoms with E-state index in [4.69, 9.17) is 21.4 Å². The first-order chi connectivity index (χ1) is 19.1. The van der Waals surface area contributed by atoms with Crippen LogP contribution in [0, 0.1) is 0 Å². The lowest BCUT2D eigenvalue weighted by Gasteiger charge is -2.26. The Morgan fingerprint density at radius 1 is 0.872 bits per heavy atom. The SMILES string of the molecule is O=C(O)c1ccccc1-c1ccc(C2C(c3ccccn3)NC(=S)N2c2ccc(Oc3ccccc3)cc2)o1. The highest BCUT2D eigenvalue weighted by molar-refractivity contribution is 7.80. The zero-order valence-corrected chi connectivity index (χ0v) is 21.4. The molecule has 0 radical (unpaired) electrons. The molecule has 0 spiro atoms. The van der Waals surface area contributed by atoms with Crippen LogP contribution in [0.4, 0.5) is 5.69 Å². The maximum absolute atomic E-state index is 11.8. The first-order valence-corrected chi connectivity index (χ1v) is 12.8. The molecule has 6 rings (SSSR count). The molecule has 1 fully saturated rings. The third-order valence-electron chi connectivity index (χ3n) is 6.53. The second kappa shape index (κ2) is 10.4. The van der Waals surface area contributed by atoms with Gasteiger partial charge >= 0.3 is 5.97 Å². The van der Waals surface area contributed by atoms with Gasteiger partial charge in [-0.3, -0.25) is 4.98 Å².